The number of benzene rings is 2. The molecule has 0 aliphatic heterocycles. The highest BCUT2D eigenvalue weighted by molar-refractivity contribution is 14.1. The third kappa shape index (κ3) is 3.01. The summed E-state index contributed by atoms with van der Waals surface area (Å²) in [5.41, 5.74) is 5.47. The highest BCUT2D eigenvalue weighted by Crippen LogP contribution is 2.31. The summed E-state index contributed by atoms with van der Waals surface area (Å²) in [6.07, 6.45) is 0. The first-order valence-corrected chi connectivity index (χ1v) is 9.57. The molecular weight excluding hydrogens is 409 g/mol. The molecule has 0 saturated heterocycles. The van der Waals surface area contributed by atoms with Crippen molar-refractivity contribution in [1.82, 2.24) is 0 Å². The van der Waals surface area contributed by atoms with Crippen LogP contribution in [0, 0.1) is 38.2 Å². The Morgan fingerprint density at radius 2 is 1.27 bits per heavy atom. The van der Waals surface area contributed by atoms with Crippen LogP contribution in [0.1, 0.15) is 27.8 Å². The predicted molar refractivity (Wildman–Crippen MR) is 100 cm³/mol. The second kappa shape index (κ2) is 6.20. The number of halogens is 1. The van der Waals surface area contributed by atoms with E-state index >= 15 is 0 Å². The standard InChI is InChI=1S/C17H20INO2S/c1-10-11(2)13(4)17(14(5)12(10)3)22(20,21)19-16-9-7-6-8-15(16)18/h6-9,19H,1-5H3. The van der Waals surface area contributed by atoms with Crippen molar-refractivity contribution in [3.8, 4) is 0 Å². The van der Waals surface area contributed by atoms with Gasteiger partial charge in [-0.3, -0.25) is 4.72 Å². The maximum Gasteiger partial charge on any atom is 0.262 e. The molecule has 0 aliphatic carbocycles. The van der Waals surface area contributed by atoms with E-state index in [2.05, 4.69) is 27.3 Å². The predicted octanol–water partition coefficient (Wildman–Crippen LogP) is 4.63. The molecule has 22 heavy (non-hydrogen) atoms. The van der Waals surface area contributed by atoms with E-state index in [0.29, 0.717) is 10.6 Å². The highest BCUT2D eigenvalue weighted by Gasteiger charge is 2.24. The van der Waals surface area contributed by atoms with E-state index in [1.807, 2.05) is 52.8 Å². The van der Waals surface area contributed by atoms with Crippen LogP contribution in [0.3, 0.4) is 0 Å². The molecule has 0 bridgehead atoms. The van der Waals surface area contributed by atoms with Crippen molar-refractivity contribution >= 4 is 38.3 Å². The quantitative estimate of drug-likeness (QED) is 0.723. The maximum atomic E-state index is 12.9. The van der Waals surface area contributed by atoms with Gasteiger partial charge in [0.2, 0.25) is 0 Å². The fraction of sp³-hybridized carbons (Fsp3) is 0.294. The Bertz CT molecular complexity index is 813. The molecule has 0 amide bonds. The van der Waals surface area contributed by atoms with Crippen molar-refractivity contribution in [1.29, 1.82) is 0 Å². The molecule has 2 aromatic carbocycles. The monoisotopic (exact) mass is 429 g/mol. The Labute approximate surface area is 146 Å². The summed E-state index contributed by atoms with van der Waals surface area (Å²) in [7, 11) is -3.61. The Balaban J connectivity index is 2.63. The minimum atomic E-state index is -3.61. The van der Waals surface area contributed by atoms with Gasteiger partial charge in [0.05, 0.1) is 10.6 Å². The van der Waals surface area contributed by atoms with Gasteiger partial charge in [-0.25, -0.2) is 8.42 Å². The normalized spacial score (nSPS) is 11.5. The summed E-state index contributed by atoms with van der Waals surface area (Å²) in [5, 5.41) is 0. The van der Waals surface area contributed by atoms with E-state index in [4.69, 9.17) is 0 Å². The van der Waals surface area contributed by atoms with Crippen LogP contribution in [0.2, 0.25) is 0 Å². The number of para-hydroxylation sites is 1. The van der Waals surface area contributed by atoms with Gasteiger partial charge in [-0.05, 0) is 97.2 Å². The van der Waals surface area contributed by atoms with E-state index in [9.17, 15) is 8.42 Å². The molecule has 0 saturated carbocycles. The number of nitrogens with one attached hydrogen (secondary N) is 1. The number of rotatable bonds is 3. The molecular formula is C17H20INO2S. The number of hydrogen-bond donors (Lipinski definition) is 1. The van der Waals surface area contributed by atoms with Crippen LogP contribution in [0.4, 0.5) is 5.69 Å². The molecule has 0 heterocycles. The van der Waals surface area contributed by atoms with E-state index in [0.717, 1.165) is 31.4 Å². The van der Waals surface area contributed by atoms with E-state index in [1.54, 1.807) is 6.07 Å². The van der Waals surface area contributed by atoms with Gasteiger partial charge < -0.3 is 0 Å². The lowest BCUT2D eigenvalue weighted by Gasteiger charge is -2.19. The van der Waals surface area contributed by atoms with Gasteiger partial charge in [0.25, 0.3) is 10.0 Å². The molecule has 2 rings (SSSR count). The number of anilines is 1. The average molecular weight is 429 g/mol. The van der Waals surface area contributed by atoms with Crippen molar-refractivity contribution in [3.05, 3.63) is 55.7 Å². The van der Waals surface area contributed by atoms with Crippen LogP contribution in [0.25, 0.3) is 0 Å². The van der Waals surface area contributed by atoms with Gasteiger partial charge >= 0.3 is 0 Å². The van der Waals surface area contributed by atoms with Crippen LogP contribution in [0.5, 0.6) is 0 Å². The lowest BCUT2D eigenvalue weighted by atomic mass is 9.95. The summed E-state index contributed by atoms with van der Waals surface area (Å²) in [6.45, 7) is 9.73. The zero-order chi connectivity index (χ0) is 16.7. The molecule has 0 radical (unpaired) electrons. The molecule has 0 spiro atoms. The Hall–Kier alpha value is -1.08. The first kappa shape index (κ1) is 17.3. The molecule has 118 valence electrons. The van der Waals surface area contributed by atoms with Gasteiger partial charge in [-0.2, -0.15) is 0 Å². The fourth-order valence-electron chi connectivity index (χ4n) is 2.61. The zero-order valence-electron chi connectivity index (χ0n) is 13.4. The number of sulfonamides is 1. The topological polar surface area (TPSA) is 46.2 Å². The fourth-order valence-corrected chi connectivity index (χ4v) is 5.00. The van der Waals surface area contributed by atoms with Gasteiger partial charge in [-0.15, -0.1) is 0 Å². The van der Waals surface area contributed by atoms with Crippen molar-refractivity contribution < 1.29 is 8.42 Å². The van der Waals surface area contributed by atoms with Crippen LogP contribution in [-0.2, 0) is 10.0 Å². The summed E-state index contributed by atoms with van der Waals surface area (Å²) in [4.78, 5) is 0.396. The lowest BCUT2D eigenvalue weighted by Crippen LogP contribution is -2.18. The van der Waals surface area contributed by atoms with Crippen LogP contribution in [-0.4, -0.2) is 8.42 Å². The maximum absolute atomic E-state index is 12.9. The van der Waals surface area contributed by atoms with Gasteiger partial charge in [-0.1, -0.05) is 12.1 Å². The minimum Gasteiger partial charge on any atom is -0.279 e. The molecule has 2 aromatic rings. The van der Waals surface area contributed by atoms with E-state index < -0.39 is 10.0 Å². The molecule has 5 heteroatoms. The summed E-state index contributed by atoms with van der Waals surface area (Å²) in [6, 6.07) is 7.36. The summed E-state index contributed by atoms with van der Waals surface area (Å²) in [5.74, 6) is 0. The molecule has 0 aromatic heterocycles. The lowest BCUT2D eigenvalue weighted by molar-refractivity contribution is 0.599. The Morgan fingerprint density at radius 1 is 0.818 bits per heavy atom. The first-order chi connectivity index (χ1) is 10.2. The molecule has 0 aliphatic rings. The van der Waals surface area contributed by atoms with Crippen molar-refractivity contribution in [2.45, 2.75) is 39.5 Å². The third-order valence-electron chi connectivity index (χ3n) is 4.32. The smallest absolute Gasteiger partial charge is 0.262 e. The van der Waals surface area contributed by atoms with Gasteiger partial charge in [0, 0.05) is 3.57 Å². The number of hydrogen-bond acceptors (Lipinski definition) is 2. The summed E-state index contributed by atoms with van der Waals surface area (Å²) < 4.78 is 29.4. The van der Waals surface area contributed by atoms with Crippen molar-refractivity contribution in [3.63, 3.8) is 0 Å². The second-order valence-electron chi connectivity index (χ2n) is 5.54. The van der Waals surface area contributed by atoms with Crippen LogP contribution < -0.4 is 4.72 Å². The van der Waals surface area contributed by atoms with Gasteiger partial charge in [0.1, 0.15) is 0 Å². The average Bonchev–Trinajstić information content (AvgIpc) is 2.45. The van der Waals surface area contributed by atoms with Crippen LogP contribution >= 0.6 is 22.6 Å². The minimum absolute atomic E-state index is 0.396. The highest BCUT2D eigenvalue weighted by atomic mass is 127. The zero-order valence-corrected chi connectivity index (χ0v) is 16.4. The Morgan fingerprint density at radius 3 is 1.77 bits per heavy atom. The van der Waals surface area contributed by atoms with Crippen molar-refractivity contribution in [2.75, 3.05) is 4.72 Å². The van der Waals surface area contributed by atoms with Crippen molar-refractivity contribution in [2.24, 2.45) is 0 Å². The largest absolute Gasteiger partial charge is 0.279 e. The first-order valence-electron chi connectivity index (χ1n) is 7.01. The molecule has 1 N–H and O–H groups in total. The molecule has 0 fully saturated rings. The SMILES string of the molecule is Cc1c(C)c(C)c(S(=O)(=O)Nc2ccccc2I)c(C)c1C. The summed E-state index contributed by atoms with van der Waals surface area (Å²) >= 11 is 2.13. The second-order valence-corrected chi connectivity index (χ2v) is 8.32. The molecule has 3 nitrogen and oxygen atoms in total. The van der Waals surface area contributed by atoms with Gasteiger partial charge in [0.15, 0.2) is 0 Å². The Kier molecular flexibility index (Phi) is 4.87. The van der Waals surface area contributed by atoms with E-state index in [1.165, 1.54) is 0 Å². The molecule has 0 atom stereocenters. The third-order valence-corrected chi connectivity index (χ3v) is 6.90. The van der Waals surface area contributed by atoms with E-state index in [-0.39, 0.29) is 0 Å². The molecule has 0 unspecified atom stereocenters. The van der Waals surface area contributed by atoms with Crippen LogP contribution in [0.15, 0.2) is 29.2 Å².